The number of amides is 1. The number of rotatable bonds is 3. The van der Waals surface area contributed by atoms with Gasteiger partial charge in [-0.15, -0.1) is 11.3 Å². The lowest BCUT2D eigenvalue weighted by atomic mass is 9.87. The molecule has 0 aliphatic carbocycles. The van der Waals surface area contributed by atoms with Crippen molar-refractivity contribution in [2.75, 3.05) is 11.6 Å². The number of hydrogen-bond acceptors (Lipinski definition) is 7. The van der Waals surface area contributed by atoms with Crippen LogP contribution >= 0.6 is 46.7 Å². The van der Waals surface area contributed by atoms with E-state index in [1.165, 1.54) is 16.9 Å². The van der Waals surface area contributed by atoms with E-state index in [1.807, 2.05) is 42.7 Å². The predicted octanol–water partition coefficient (Wildman–Crippen LogP) is 6.05. The van der Waals surface area contributed by atoms with Gasteiger partial charge in [0.05, 0.1) is 20.4 Å². The Morgan fingerprint density at radius 3 is 2.27 bits per heavy atom. The molecule has 0 bridgehead atoms. The molecule has 0 fully saturated rings. The number of hydrogen-bond donors (Lipinski definition) is 2. The first-order valence-corrected chi connectivity index (χ1v) is 12.5. The molecule has 30 heavy (non-hydrogen) atoms. The summed E-state index contributed by atoms with van der Waals surface area (Å²) in [6.07, 6.45) is 2.02. The molecule has 2 heterocycles. The van der Waals surface area contributed by atoms with Crippen molar-refractivity contribution in [3.8, 4) is 0 Å². The number of thiazole rings is 2. The zero-order chi connectivity index (χ0) is 21.5. The lowest BCUT2D eigenvalue weighted by Crippen LogP contribution is -2.34. The number of anilines is 1. The van der Waals surface area contributed by atoms with Gasteiger partial charge in [0.15, 0.2) is 14.6 Å². The molecule has 0 saturated carbocycles. The van der Waals surface area contributed by atoms with Crippen molar-refractivity contribution in [3.63, 3.8) is 0 Å². The van der Waals surface area contributed by atoms with Gasteiger partial charge >= 0.3 is 0 Å². The van der Waals surface area contributed by atoms with E-state index >= 15 is 0 Å². The Labute approximate surface area is 192 Å². The van der Waals surface area contributed by atoms with Crippen LogP contribution in [0.4, 0.5) is 5.13 Å². The second-order valence-corrected chi connectivity index (χ2v) is 11.2. The molecule has 9 heteroatoms. The molecule has 0 atom stereocenters. The molecule has 0 aliphatic rings. The minimum absolute atomic E-state index is 0.0405. The summed E-state index contributed by atoms with van der Waals surface area (Å²) in [6, 6.07) is 11.5. The number of carbonyl (C=O) groups excluding carboxylic acids is 1. The number of benzene rings is 2. The molecule has 4 rings (SSSR count). The number of thiocarbonyl (C=S) groups is 1. The normalized spacial score (nSPS) is 11.7. The summed E-state index contributed by atoms with van der Waals surface area (Å²) in [5.74, 6) is -0.247. The van der Waals surface area contributed by atoms with E-state index in [-0.39, 0.29) is 16.4 Å². The Hall–Kier alpha value is -2.07. The van der Waals surface area contributed by atoms with Crippen LogP contribution in [0.2, 0.25) is 0 Å². The molecular formula is C21H20N4OS4. The van der Waals surface area contributed by atoms with Gasteiger partial charge in [0.1, 0.15) is 0 Å². The molecule has 4 aromatic rings. The summed E-state index contributed by atoms with van der Waals surface area (Å²) in [6.45, 7) is 6.42. The first kappa shape index (κ1) is 21.2. The van der Waals surface area contributed by atoms with Crippen LogP contribution in [0.5, 0.6) is 0 Å². The molecule has 154 valence electrons. The molecule has 0 aliphatic heterocycles. The van der Waals surface area contributed by atoms with E-state index < -0.39 is 0 Å². The molecule has 0 saturated heterocycles. The summed E-state index contributed by atoms with van der Waals surface area (Å²) in [7, 11) is 0. The number of fused-ring (bicyclic) bond motifs is 3. The van der Waals surface area contributed by atoms with E-state index in [9.17, 15) is 4.79 Å². The molecule has 5 nitrogen and oxygen atoms in total. The summed E-state index contributed by atoms with van der Waals surface area (Å²) < 4.78 is 3.22. The average molecular weight is 473 g/mol. The minimum Gasteiger partial charge on any atom is -0.308 e. The monoisotopic (exact) mass is 472 g/mol. The maximum Gasteiger partial charge on any atom is 0.257 e. The van der Waals surface area contributed by atoms with Crippen molar-refractivity contribution in [2.24, 2.45) is 0 Å². The molecule has 1 amide bonds. The van der Waals surface area contributed by atoms with E-state index in [4.69, 9.17) is 12.2 Å². The van der Waals surface area contributed by atoms with Crippen LogP contribution in [0.25, 0.3) is 20.4 Å². The largest absolute Gasteiger partial charge is 0.308 e. The number of thioether (sulfide) groups is 1. The minimum atomic E-state index is -0.247. The fraction of sp³-hybridized carbons (Fsp3) is 0.238. The third-order valence-electron chi connectivity index (χ3n) is 4.53. The smallest absolute Gasteiger partial charge is 0.257 e. The fourth-order valence-corrected chi connectivity index (χ4v) is 5.84. The van der Waals surface area contributed by atoms with Crippen molar-refractivity contribution < 1.29 is 4.79 Å². The van der Waals surface area contributed by atoms with Crippen LogP contribution in [0.1, 0.15) is 36.7 Å². The summed E-state index contributed by atoms with van der Waals surface area (Å²) in [5, 5.41) is 6.64. The Kier molecular flexibility index (Phi) is 5.80. The molecule has 2 N–H and O–H groups in total. The molecule has 0 spiro atoms. The third kappa shape index (κ3) is 4.34. The Morgan fingerprint density at radius 2 is 1.63 bits per heavy atom. The van der Waals surface area contributed by atoms with E-state index in [1.54, 1.807) is 23.1 Å². The van der Waals surface area contributed by atoms with Crippen molar-refractivity contribution in [3.05, 3.63) is 47.5 Å². The molecule has 2 aromatic carbocycles. The highest BCUT2D eigenvalue weighted by molar-refractivity contribution is 8.00. The van der Waals surface area contributed by atoms with Crippen LogP contribution in [0.15, 0.2) is 40.7 Å². The topological polar surface area (TPSA) is 66.9 Å². The predicted molar refractivity (Wildman–Crippen MR) is 133 cm³/mol. The van der Waals surface area contributed by atoms with Gasteiger partial charge in [0, 0.05) is 5.56 Å². The Bertz CT molecular complexity index is 1250. The number of nitrogens with one attached hydrogen (secondary N) is 2. The van der Waals surface area contributed by atoms with Crippen molar-refractivity contribution in [1.82, 2.24) is 15.3 Å². The van der Waals surface area contributed by atoms with Crippen LogP contribution in [-0.4, -0.2) is 27.2 Å². The lowest BCUT2D eigenvalue weighted by Gasteiger charge is -2.19. The zero-order valence-corrected chi connectivity index (χ0v) is 20.2. The first-order chi connectivity index (χ1) is 14.2. The highest BCUT2D eigenvalue weighted by atomic mass is 32.2. The lowest BCUT2D eigenvalue weighted by molar-refractivity contribution is 0.0977. The highest BCUT2D eigenvalue weighted by Crippen LogP contribution is 2.38. The number of nitrogens with zero attached hydrogens (tertiary/aromatic N) is 2. The zero-order valence-electron chi connectivity index (χ0n) is 16.9. The number of aromatic nitrogens is 2. The molecule has 0 unspecified atom stereocenters. The van der Waals surface area contributed by atoms with Crippen molar-refractivity contribution >= 4 is 83.2 Å². The van der Waals surface area contributed by atoms with Gasteiger partial charge in [0.2, 0.25) is 0 Å². The maximum atomic E-state index is 12.5. The number of carbonyl (C=O) groups is 1. The van der Waals surface area contributed by atoms with Gasteiger partial charge in [-0.3, -0.25) is 10.1 Å². The summed E-state index contributed by atoms with van der Waals surface area (Å²) in [5.41, 5.74) is 3.64. The maximum absolute atomic E-state index is 12.5. The Balaban J connectivity index is 1.48. The van der Waals surface area contributed by atoms with E-state index in [0.29, 0.717) is 10.7 Å². The fourth-order valence-electron chi connectivity index (χ4n) is 2.92. The molecule has 2 aromatic heterocycles. The van der Waals surface area contributed by atoms with Gasteiger partial charge in [0.25, 0.3) is 5.91 Å². The van der Waals surface area contributed by atoms with E-state index in [0.717, 1.165) is 24.8 Å². The van der Waals surface area contributed by atoms with Gasteiger partial charge in [-0.05, 0) is 53.7 Å². The summed E-state index contributed by atoms with van der Waals surface area (Å²) >= 11 is 10.1. The van der Waals surface area contributed by atoms with Gasteiger partial charge in [-0.2, -0.15) is 0 Å². The van der Waals surface area contributed by atoms with Gasteiger partial charge in [-0.1, -0.05) is 56.0 Å². The van der Waals surface area contributed by atoms with E-state index in [2.05, 4.69) is 41.4 Å². The quantitative estimate of drug-likeness (QED) is 0.279. The average Bonchev–Trinajstić information content (AvgIpc) is 3.30. The highest BCUT2D eigenvalue weighted by Gasteiger charge is 2.16. The second-order valence-electron chi connectivity index (χ2n) is 7.70. The van der Waals surface area contributed by atoms with Gasteiger partial charge in [-0.25, -0.2) is 9.97 Å². The molecular weight excluding hydrogens is 453 g/mol. The third-order valence-corrected chi connectivity index (χ3v) is 7.94. The summed E-state index contributed by atoms with van der Waals surface area (Å²) in [4.78, 5) is 21.7. The van der Waals surface area contributed by atoms with Crippen molar-refractivity contribution in [2.45, 2.75) is 30.5 Å². The van der Waals surface area contributed by atoms with Crippen LogP contribution in [0, 0.1) is 0 Å². The SMILES string of the molecule is CSc1nc2ccc3nc(NC(=S)NC(=O)c4ccc(C(C)(C)C)cc4)sc3c2s1. The van der Waals surface area contributed by atoms with Crippen molar-refractivity contribution in [1.29, 1.82) is 0 Å². The van der Waals surface area contributed by atoms with Crippen LogP contribution in [-0.2, 0) is 5.41 Å². The van der Waals surface area contributed by atoms with Crippen LogP contribution in [0.3, 0.4) is 0 Å². The van der Waals surface area contributed by atoms with Crippen LogP contribution < -0.4 is 10.6 Å². The Morgan fingerprint density at radius 1 is 1.00 bits per heavy atom. The second kappa shape index (κ2) is 8.22. The molecule has 0 radical (unpaired) electrons. The van der Waals surface area contributed by atoms with Gasteiger partial charge < -0.3 is 5.32 Å². The first-order valence-electron chi connectivity index (χ1n) is 9.21. The standard InChI is InChI=1S/C21H20N4OS4/c1-21(2,3)12-7-5-11(6-8-12)17(26)24-18(27)25-19-22-13-9-10-14-16(15(13)29-19)30-20(23-14)28-4/h5-10H,1-4H3,(H2,22,24,25,26,27).